The van der Waals surface area contributed by atoms with Crippen LogP contribution in [0.5, 0.6) is 0 Å². The molecule has 0 radical (unpaired) electrons. The SMILES string of the molecule is CC/C=C\C/C=C\C/C=C\C/C=C\C/C=C\CCCCCCCCCCCCCCCCCCCC(=O)OCC(O)COP(=O)(O)OCC(O)COP(=O)(O)OCC(COC(=O)CCCCCCCCCCCCCCCCC/C=C\C/C=C\C/C=C\C/C=C\C/C=C\CC)OC(=O)CCCCCCC/C=C\C/C=C\CCCCC. The van der Waals surface area contributed by atoms with Gasteiger partial charge in [0.1, 0.15) is 25.4 Å². The minimum Gasteiger partial charge on any atom is -0.463 e. The van der Waals surface area contributed by atoms with Crippen LogP contribution in [0.15, 0.2) is 146 Å². The molecule has 0 rings (SSSR count). The van der Waals surface area contributed by atoms with Gasteiger partial charge in [-0.25, -0.2) is 9.13 Å². The monoisotopic (exact) mass is 1650 g/mol. The van der Waals surface area contributed by atoms with Crippen molar-refractivity contribution in [3.8, 4) is 0 Å². The number of phosphoric ester groups is 2. The number of ether oxygens (including phenoxy) is 3. The van der Waals surface area contributed by atoms with Crippen molar-refractivity contribution >= 4 is 33.6 Å². The number of carbonyl (C=O) groups excluding carboxylic acids is 3. The Balaban J connectivity index is 4.44. The number of aliphatic hydroxyl groups excluding tert-OH is 2. The Kier molecular flexibility index (Phi) is 85.2. The summed E-state index contributed by atoms with van der Waals surface area (Å²) in [5.41, 5.74) is 0. The maximum Gasteiger partial charge on any atom is 0.472 e. The molecule has 0 heterocycles. The first-order valence-corrected chi connectivity index (χ1v) is 49.1. The van der Waals surface area contributed by atoms with Crippen LogP contribution in [0.3, 0.4) is 0 Å². The normalized spacial score (nSPS) is 14.5. The van der Waals surface area contributed by atoms with Gasteiger partial charge in [0.05, 0.1) is 26.4 Å². The molecule has 5 unspecified atom stereocenters. The standard InChI is InChI=1S/C97H168O16P2/c1-4-7-10-13-16-19-22-25-28-30-32-34-36-38-40-42-44-45-47-49-50-52-54-56-58-60-63-65-68-71-74-77-80-83-95(100)107-86-92(98)87-109-114(103,104)110-88-93(99)89-111-115(105,106)112-91-94(113-97(102)85-82-79-76-73-70-67-62-27-24-21-18-15-12-9-6-3)90-108-96(101)84-81-78-75-72-69-66-64-61-59-57-55-53-51-48-46-43-41-39-37-35-33-31-29-26-23-20-17-14-11-8-5-2/h7-8,10-11,16-21,25-29,32-35,38-41,62,92-94,98-99H,4-6,9,12-15,22-24,30-31,36-37,42-61,63-91H2,1-3H3,(H,103,104)(H,105,106)/b10-7-,11-8-,19-16-,20-17-,21-18-,28-25-,29-26-,34-32-,35-33-,40-38-,41-39-,62-27-. The number of carbonyl (C=O) groups is 3. The Hall–Kier alpha value is -4.57. The number of hydrogen-bond acceptors (Lipinski definition) is 14. The molecule has 0 aromatic rings. The fourth-order valence-electron chi connectivity index (χ4n) is 12.6. The fraction of sp³-hybridized carbons (Fsp3) is 0.722. The van der Waals surface area contributed by atoms with Gasteiger partial charge < -0.3 is 34.2 Å². The molecule has 16 nitrogen and oxygen atoms in total. The fourth-order valence-corrected chi connectivity index (χ4v) is 14.2. The van der Waals surface area contributed by atoms with Crippen molar-refractivity contribution in [1.29, 1.82) is 0 Å². The van der Waals surface area contributed by atoms with Crippen molar-refractivity contribution in [2.45, 2.75) is 411 Å². The van der Waals surface area contributed by atoms with Crippen molar-refractivity contribution in [2.24, 2.45) is 0 Å². The van der Waals surface area contributed by atoms with Crippen molar-refractivity contribution in [3.63, 3.8) is 0 Å². The number of aliphatic hydroxyl groups is 2. The molecule has 662 valence electrons. The Morgan fingerprint density at radius 2 is 0.461 bits per heavy atom. The summed E-state index contributed by atoms with van der Waals surface area (Å²) in [6, 6.07) is 0. The van der Waals surface area contributed by atoms with E-state index in [-0.39, 0.29) is 19.3 Å². The molecule has 115 heavy (non-hydrogen) atoms. The molecule has 0 amide bonds. The van der Waals surface area contributed by atoms with Crippen LogP contribution in [0.4, 0.5) is 0 Å². The van der Waals surface area contributed by atoms with E-state index >= 15 is 0 Å². The van der Waals surface area contributed by atoms with Gasteiger partial charge >= 0.3 is 33.6 Å². The van der Waals surface area contributed by atoms with E-state index < -0.39 is 91.5 Å². The predicted molar refractivity (Wildman–Crippen MR) is 482 cm³/mol. The number of hydrogen-bond donors (Lipinski definition) is 4. The lowest BCUT2D eigenvalue weighted by atomic mass is 10.0. The molecule has 0 aliphatic carbocycles. The highest BCUT2D eigenvalue weighted by Crippen LogP contribution is 2.45. The van der Waals surface area contributed by atoms with E-state index in [1.54, 1.807) is 0 Å². The molecule has 0 spiro atoms. The Bertz CT molecular complexity index is 2670. The van der Waals surface area contributed by atoms with E-state index in [4.69, 9.17) is 32.3 Å². The highest BCUT2D eigenvalue weighted by Gasteiger charge is 2.29. The number of rotatable bonds is 87. The van der Waals surface area contributed by atoms with Gasteiger partial charge in [-0.15, -0.1) is 0 Å². The largest absolute Gasteiger partial charge is 0.472 e. The summed E-state index contributed by atoms with van der Waals surface area (Å²) in [4.78, 5) is 58.9. The van der Waals surface area contributed by atoms with Crippen LogP contribution in [0.25, 0.3) is 0 Å². The van der Waals surface area contributed by atoms with Crippen molar-refractivity contribution in [3.05, 3.63) is 146 Å². The minimum absolute atomic E-state index is 0.0882. The van der Waals surface area contributed by atoms with Gasteiger partial charge in [-0.3, -0.25) is 32.5 Å². The first kappa shape index (κ1) is 110. The maximum absolute atomic E-state index is 13.0. The summed E-state index contributed by atoms with van der Waals surface area (Å²) in [5.74, 6) is -1.58. The molecule has 0 aromatic heterocycles. The molecule has 0 saturated carbocycles. The van der Waals surface area contributed by atoms with Gasteiger partial charge in [-0.2, -0.15) is 0 Å². The summed E-state index contributed by atoms with van der Waals surface area (Å²) in [6.45, 7) is 2.47. The van der Waals surface area contributed by atoms with Crippen LogP contribution in [0, 0.1) is 0 Å². The zero-order valence-corrected chi connectivity index (χ0v) is 74.7. The van der Waals surface area contributed by atoms with Crippen LogP contribution in [0.2, 0.25) is 0 Å². The van der Waals surface area contributed by atoms with Crippen molar-refractivity contribution in [1.82, 2.24) is 0 Å². The molecule has 5 atom stereocenters. The maximum atomic E-state index is 13.0. The van der Waals surface area contributed by atoms with Crippen molar-refractivity contribution < 1.29 is 75.8 Å². The topological polar surface area (TPSA) is 231 Å². The average molecular weight is 1650 g/mol. The van der Waals surface area contributed by atoms with Crippen LogP contribution in [-0.2, 0) is 55.8 Å². The molecule has 4 N–H and O–H groups in total. The average Bonchev–Trinajstić information content (AvgIpc) is 0.898. The van der Waals surface area contributed by atoms with Gasteiger partial charge in [0.15, 0.2) is 6.10 Å². The van der Waals surface area contributed by atoms with Gasteiger partial charge in [-0.1, -0.05) is 378 Å². The van der Waals surface area contributed by atoms with Gasteiger partial charge in [0.2, 0.25) is 0 Å². The lowest BCUT2D eigenvalue weighted by molar-refractivity contribution is -0.161. The van der Waals surface area contributed by atoms with E-state index in [0.29, 0.717) is 19.3 Å². The summed E-state index contributed by atoms with van der Waals surface area (Å²) in [6.07, 6.45) is 112. The van der Waals surface area contributed by atoms with Gasteiger partial charge in [0.25, 0.3) is 0 Å². The Morgan fingerprint density at radius 3 is 0.730 bits per heavy atom. The van der Waals surface area contributed by atoms with Crippen molar-refractivity contribution in [2.75, 3.05) is 39.6 Å². The zero-order valence-electron chi connectivity index (χ0n) is 72.9. The number of allylic oxidation sites excluding steroid dienone is 24. The van der Waals surface area contributed by atoms with E-state index in [1.807, 2.05) is 0 Å². The molecule has 0 saturated heterocycles. The zero-order chi connectivity index (χ0) is 83.6. The van der Waals surface area contributed by atoms with Crippen LogP contribution in [-0.4, -0.2) is 95.9 Å². The lowest BCUT2D eigenvalue weighted by Gasteiger charge is -2.21. The third kappa shape index (κ3) is 90.0. The summed E-state index contributed by atoms with van der Waals surface area (Å²) in [7, 11) is -9.80. The minimum atomic E-state index is -4.94. The quantitative estimate of drug-likeness (QED) is 0.0146. The second-order valence-electron chi connectivity index (χ2n) is 30.7. The molecule has 0 fully saturated rings. The summed E-state index contributed by atoms with van der Waals surface area (Å²) < 4.78 is 61.4. The molecule has 0 bridgehead atoms. The smallest absolute Gasteiger partial charge is 0.463 e. The van der Waals surface area contributed by atoms with E-state index in [2.05, 4.69) is 167 Å². The third-order valence-electron chi connectivity index (χ3n) is 19.5. The first-order valence-electron chi connectivity index (χ1n) is 46.1. The van der Waals surface area contributed by atoms with E-state index in [1.165, 1.54) is 186 Å². The molecule has 0 aromatic carbocycles. The number of unbranched alkanes of at least 4 members (excludes halogenated alkanes) is 40. The van der Waals surface area contributed by atoms with Crippen LogP contribution < -0.4 is 0 Å². The molecular weight excluding hydrogens is 1480 g/mol. The highest BCUT2D eigenvalue weighted by atomic mass is 31.2. The van der Waals surface area contributed by atoms with Gasteiger partial charge in [-0.05, 0) is 141 Å². The van der Waals surface area contributed by atoms with E-state index in [0.717, 1.165) is 148 Å². The summed E-state index contributed by atoms with van der Waals surface area (Å²) in [5, 5.41) is 20.7. The summed E-state index contributed by atoms with van der Waals surface area (Å²) >= 11 is 0. The number of phosphoric acid groups is 2. The first-order chi connectivity index (χ1) is 56.2. The lowest BCUT2D eigenvalue weighted by Crippen LogP contribution is -2.30. The van der Waals surface area contributed by atoms with E-state index in [9.17, 15) is 43.5 Å². The highest BCUT2D eigenvalue weighted by molar-refractivity contribution is 7.47. The molecule has 18 heteroatoms. The molecule has 0 aliphatic heterocycles. The number of esters is 3. The second-order valence-corrected chi connectivity index (χ2v) is 33.6. The predicted octanol–water partition coefficient (Wildman–Crippen LogP) is 28.3. The molecular formula is C97H168O16P2. The Morgan fingerprint density at radius 1 is 0.252 bits per heavy atom. The molecule has 0 aliphatic rings. The second kappa shape index (κ2) is 88.7. The Labute approximate surface area is 702 Å². The van der Waals surface area contributed by atoms with Gasteiger partial charge in [0, 0.05) is 19.3 Å². The van der Waals surface area contributed by atoms with Crippen LogP contribution in [0.1, 0.15) is 393 Å². The van der Waals surface area contributed by atoms with Crippen LogP contribution >= 0.6 is 15.6 Å². The third-order valence-corrected chi connectivity index (χ3v) is 21.4.